The number of carboxylic acid groups (broad SMARTS) is 1. The van der Waals surface area contributed by atoms with Crippen LogP contribution in [0, 0.1) is 12.3 Å². The number of sulfone groups is 1. The predicted octanol–water partition coefficient (Wildman–Crippen LogP) is 2.02. The molecule has 0 saturated heterocycles. The minimum absolute atomic E-state index is 0.00326. The maximum absolute atomic E-state index is 12.3. The summed E-state index contributed by atoms with van der Waals surface area (Å²) >= 11 is 0. The van der Waals surface area contributed by atoms with Gasteiger partial charge in [0.25, 0.3) is 5.91 Å². The molecule has 7 heteroatoms. The van der Waals surface area contributed by atoms with Crippen molar-refractivity contribution in [2.45, 2.75) is 38.5 Å². The molecule has 0 aliphatic carbocycles. The maximum atomic E-state index is 12.3. The van der Waals surface area contributed by atoms with E-state index in [9.17, 15) is 23.1 Å². The fourth-order valence-corrected chi connectivity index (χ4v) is 2.95. The highest BCUT2D eigenvalue weighted by Crippen LogP contribution is 2.26. The number of carbonyl (C=O) groups excluding carboxylic acids is 1. The number of hydrogen-bond acceptors (Lipinski definition) is 4. The van der Waals surface area contributed by atoms with Gasteiger partial charge in [-0.2, -0.15) is 0 Å². The molecule has 1 aromatic carbocycles. The fraction of sp³-hybridized carbons (Fsp3) is 0.500. The normalized spacial score (nSPS) is 12.0. The standard InChI is InChI=1S/C16H23NO5S/c1-5-16(6-2,15(19)20)10-17-14(18)13-9-12(23(4,21)22)8-7-11(13)3/h7-9H,5-6,10H2,1-4H3,(H,17,18)(H,19,20). The summed E-state index contributed by atoms with van der Waals surface area (Å²) in [5.74, 6) is -1.43. The van der Waals surface area contributed by atoms with E-state index in [4.69, 9.17) is 0 Å². The minimum atomic E-state index is -3.42. The molecular weight excluding hydrogens is 318 g/mol. The summed E-state index contributed by atoms with van der Waals surface area (Å²) < 4.78 is 23.2. The highest BCUT2D eigenvalue weighted by molar-refractivity contribution is 7.90. The Balaban J connectivity index is 3.05. The molecule has 2 N–H and O–H groups in total. The van der Waals surface area contributed by atoms with Crippen molar-refractivity contribution in [3.05, 3.63) is 29.3 Å². The second-order valence-corrected chi connectivity index (χ2v) is 7.74. The van der Waals surface area contributed by atoms with Gasteiger partial charge in [0.15, 0.2) is 9.84 Å². The van der Waals surface area contributed by atoms with Gasteiger partial charge >= 0.3 is 5.97 Å². The van der Waals surface area contributed by atoms with Gasteiger partial charge in [-0.1, -0.05) is 19.9 Å². The Morgan fingerprint density at radius 3 is 2.22 bits per heavy atom. The molecule has 0 saturated carbocycles. The number of rotatable bonds is 7. The van der Waals surface area contributed by atoms with Gasteiger partial charge in [0, 0.05) is 18.4 Å². The van der Waals surface area contributed by atoms with Gasteiger partial charge in [-0.3, -0.25) is 9.59 Å². The van der Waals surface area contributed by atoms with E-state index in [1.54, 1.807) is 26.8 Å². The van der Waals surface area contributed by atoms with Crippen LogP contribution in [-0.2, 0) is 14.6 Å². The van der Waals surface area contributed by atoms with Crippen LogP contribution in [0.15, 0.2) is 23.1 Å². The number of benzene rings is 1. The number of nitrogens with one attached hydrogen (secondary N) is 1. The molecule has 1 amide bonds. The monoisotopic (exact) mass is 341 g/mol. The van der Waals surface area contributed by atoms with Crippen molar-refractivity contribution < 1.29 is 23.1 Å². The molecule has 0 aromatic heterocycles. The number of hydrogen-bond donors (Lipinski definition) is 2. The smallest absolute Gasteiger partial charge is 0.311 e. The summed E-state index contributed by atoms with van der Waals surface area (Å²) in [7, 11) is -3.42. The number of aryl methyl sites for hydroxylation is 1. The third kappa shape index (κ3) is 4.31. The van der Waals surface area contributed by atoms with Gasteiger partial charge in [-0.25, -0.2) is 8.42 Å². The van der Waals surface area contributed by atoms with Gasteiger partial charge in [-0.05, 0) is 37.5 Å². The van der Waals surface area contributed by atoms with Crippen molar-refractivity contribution in [1.29, 1.82) is 0 Å². The quantitative estimate of drug-likeness (QED) is 0.790. The van der Waals surface area contributed by atoms with E-state index in [2.05, 4.69) is 5.32 Å². The minimum Gasteiger partial charge on any atom is -0.481 e. The molecule has 0 heterocycles. The topological polar surface area (TPSA) is 101 Å². The first-order chi connectivity index (χ1) is 10.6. The molecule has 0 unspecified atom stereocenters. The number of carbonyl (C=O) groups is 2. The maximum Gasteiger partial charge on any atom is 0.311 e. The average molecular weight is 341 g/mol. The van der Waals surface area contributed by atoms with E-state index >= 15 is 0 Å². The van der Waals surface area contributed by atoms with E-state index in [1.165, 1.54) is 12.1 Å². The molecule has 0 atom stereocenters. The van der Waals surface area contributed by atoms with Crippen molar-refractivity contribution in [1.82, 2.24) is 5.32 Å². The second-order valence-electron chi connectivity index (χ2n) is 5.72. The molecule has 23 heavy (non-hydrogen) atoms. The molecule has 6 nitrogen and oxygen atoms in total. The molecule has 0 bridgehead atoms. The van der Waals surface area contributed by atoms with Crippen molar-refractivity contribution in [2.75, 3.05) is 12.8 Å². The molecular formula is C16H23NO5S. The Morgan fingerprint density at radius 2 is 1.78 bits per heavy atom. The van der Waals surface area contributed by atoms with Crippen LogP contribution in [0.2, 0.25) is 0 Å². The summed E-state index contributed by atoms with van der Waals surface area (Å²) in [6.07, 6.45) is 1.85. The SMILES string of the molecule is CCC(CC)(CNC(=O)c1cc(S(C)(=O)=O)ccc1C)C(=O)O. The Kier molecular flexibility index (Phi) is 5.93. The van der Waals surface area contributed by atoms with Crippen LogP contribution in [-0.4, -0.2) is 38.2 Å². The summed E-state index contributed by atoms with van der Waals surface area (Å²) in [5, 5.41) is 12.0. The number of amides is 1. The van der Waals surface area contributed by atoms with E-state index in [0.29, 0.717) is 18.4 Å². The third-order valence-electron chi connectivity index (χ3n) is 4.28. The summed E-state index contributed by atoms with van der Waals surface area (Å²) in [6.45, 7) is 5.22. The largest absolute Gasteiger partial charge is 0.481 e. The number of carboxylic acids is 1. The van der Waals surface area contributed by atoms with Crippen LogP contribution in [0.1, 0.15) is 42.6 Å². The molecule has 0 aliphatic rings. The summed E-state index contributed by atoms with van der Waals surface area (Å²) in [4.78, 5) is 23.9. The average Bonchev–Trinajstić information content (AvgIpc) is 2.47. The van der Waals surface area contributed by atoms with Gasteiger partial charge in [-0.15, -0.1) is 0 Å². The van der Waals surface area contributed by atoms with Crippen LogP contribution in [0.3, 0.4) is 0 Å². The third-order valence-corrected chi connectivity index (χ3v) is 5.39. The molecule has 0 spiro atoms. The molecule has 0 fully saturated rings. The van der Waals surface area contributed by atoms with Crippen LogP contribution in [0.25, 0.3) is 0 Å². The van der Waals surface area contributed by atoms with Crippen LogP contribution in [0.4, 0.5) is 0 Å². The van der Waals surface area contributed by atoms with E-state index in [-0.39, 0.29) is 17.0 Å². The molecule has 0 radical (unpaired) electrons. The van der Waals surface area contributed by atoms with Crippen molar-refractivity contribution in [3.8, 4) is 0 Å². The van der Waals surface area contributed by atoms with E-state index in [0.717, 1.165) is 6.26 Å². The zero-order chi connectivity index (χ0) is 17.8. The highest BCUT2D eigenvalue weighted by atomic mass is 32.2. The zero-order valence-electron chi connectivity index (χ0n) is 13.8. The molecule has 1 rings (SSSR count). The van der Waals surface area contributed by atoms with Crippen LogP contribution >= 0.6 is 0 Å². The first-order valence-electron chi connectivity index (χ1n) is 7.39. The second kappa shape index (κ2) is 7.12. The summed E-state index contributed by atoms with van der Waals surface area (Å²) in [6, 6.07) is 4.33. The predicted molar refractivity (Wildman–Crippen MR) is 87.3 cm³/mol. The lowest BCUT2D eigenvalue weighted by Gasteiger charge is -2.27. The fourth-order valence-electron chi connectivity index (χ4n) is 2.30. The van der Waals surface area contributed by atoms with Gasteiger partial charge < -0.3 is 10.4 Å². The summed E-state index contributed by atoms with van der Waals surface area (Å²) in [5.41, 5.74) is -0.152. The first-order valence-corrected chi connectivity index (χ1v) is 9.29. The number of aliphatic carboxylic acids is 1. The lowest BCUT2D eigenvalue weighted by molar-refractivity contribution is -0.149. The van der Waals surface area contributed by atoms with Gasteiger partial charge in [0.05, 0.1) is 10.3 Å². The van der Waals surface area contributed by atoms with Crippen LogP contribution < -0.4 is 5.32 Å². The van der Waals surface area contributed by atoms with Gasteiger partial charge in [0.1, 0.15) is 0 Å². The lowest BCUT2D eigenvalue weighted by atomic mass is 9.82. The molecule has 0 aliphatic heterocycles. The Bertz CT molecular complexity index is 705. The van der Waals surface area contributed by atoms with Crippen molar-refractivity contribution in [2.24, 2.45) is 5.41 Å². The first kappa shape index (κ1) is 19.2. The van der Waals surface area contributed by atoms with Gasteiger partial charge in [0.2, 0.25) is 0 Å². The lowest BCUT2D eigenvalue weighted by Crippen LogP contribution is -2.42. The zero-order valence-corrected chi connectivity index (χ0v) is 14.7. The van der Waals surface area contributed by atoms with E-state index < -0.39 is 27.1 Å². The van der Waals surface area contributed by atoms with Crippen molar-refractivity contribution >= 4 is 21.7 Å². The Morgan fingerprint density at radius 1 is 1.22 bits per heavy atom. The Hall–Kier alpha value is -1.89. The Labute approximate surface area is 136 Å². The molecule has 1 aromatic rings. The van der Waals surface area contributed by atoms with Crippen molar-refractivity contribution in [3.63, 3.8) is 0 Å². The highest BCUT2D eigenvalue weighted by Gasteiger charge is 2.35. The van der Waals surface area contributed by atoms with Crippen LogP contribution in [0.5, 0.6) is 0 Å². The van der Waals surface area contributed by atoms with E-state index in [1.807, 2.05) is 0 Å². The molecule has 128 valence electrons.